The van der Waals surface area contributed by atoms with Crippen LogP contribution in [0.1, 0.15) is 5.56 Å². The van der Waals surface area contributed by atoms with Gasteiger partial charge in [0.2, 0.25) is 0 Å². The summed E-state index contributed by atoms with van der Waals surface area (Å²) in [4.78, 5) is 0. The largest absolute Gasteiger partial charge is 2.00 e. The molecular formula is C23H18FeO2. The number of benzene rings is 2. The Hall–Kier alpha value is -2.87. The molecule has 0 radical (unpaired) electrons. The number of aliphatic hydroxyl groups excluding tert-OH is 1. The summed E-state index contributed by atoms with van der Waals surface area (Å²) >= 11 is 0. The van der Waals surface area contributed by atoms with E-state index in [1.54, 1.807) is 24.3 Å². The minimum absolute atomic E-state index is 0. The zero-order valence-electron chi connectivity index (χ0n) is 14.0. The number of rotatable bonds is 2. The molecule has 0 fully saturated rings. The first-order valence-corrected chi connectivity index (χ1v) is 8.07. The van der Waals surface area contributed by atoms with E-state index < -0.39 is 0 Å². The standard InChI is InChI=1S/C18H14O2.C5H5.Fe/c19-17(12-9-13-5-1-2-6-13)16-11-10-14-7-3-4-8-15(14)18(16)20;1-2-4-5-3-1;/h1-12,19-20H;1-5H;/q;-1;+2/p-1. The molecule has 0 saturated carbocycles. The summed E-state index contributed by atoms with van der Waals surface area (Å²) < 4.78 is 0. The van der Waals surface area contributed by atoms with Crippen LogP contribution in [-0.4, -0.2) is 5.11 Å². The molecule has 3 heteroatoms. The maximum Gasteiger partial charge on any atom is 2.00 e. The number of fused-ring (bicyclic) bond motifs is 1. The van der Waals surface area contributed by atoms with Crippen LogP contribution >= 0.6 is 0 Å². The van der Waals surface area contributed by atoms with E-state index in [4.69, 9.17) is 0 Å². The van der Waals surface area contributed by atoms with Crippen molar-refractivity contribution in [2.24, 2.45) is 0 Å². The van der Waals surface area contributed by atoms with Crippen LogP contribution < -0.4 is 5.11 Å². The Morgan fingerprint density at radius 1 is 0.923 bits per heavy atom. The molecule has 26 heavy (non-hydrogen) atoms. The predicted molar refractivity (Wildman–Crippen MR) is 102 cm³/mol. The Kier molecular flexibility index (Phi) is 7.16. The van der Waals surface area contributed by atoms with Gasteiger partial charge in [0, 0.05) is 5.56 Å². The molecule has 0 saturated heterocycles. The van der Waals surface area contributed by atoms with E-state index in [1.807, 2.05) is 78.9 Å². The second-order valence-electron chi connectivity index (χ2n) is 5.56. The van der Waals surface area contributed by atoms with Gasteiger partial charge in [0.1, 0.15) is 5.76 Å². The van der Waals surface area contributed by atoms with Crippen molar-refractivity contribution in [3.63, 3.8) is 0 Å². The molecule has 0 spiro atoms. The first-order valence-electron chi connectivity index (χ1n) is 8.07. The molecule has 1 N–H and O–H groups in total. The van der Waals surface area contributed by atoms with E-state index >= 15 is 0 Å². The minimum atomic E-state index is -0.146. The Labute approximate surface area is 164 Å². The first kappa shape index (κ1) is 19.5. The summed E-state index contributed by atoms with van der Waals surface area (Å²) in [5.41, 5.74) is 1.32. The first-order chi connectivity index (χ1) is 12.3. The van der Waals surface area contributed by atoms with Crippen LogP contribution in [0.25, 0.3) is 16.5 Å². The fourth-order valence-corrected chi connectivity index (χ4v) is 2.53. The van der Waals surface area contributed by atoms with Crippen molar-refractivity contribution in [2.75, 3.05) is 0 Å². The van der Waals surface area contributed by atoms with Crippen molar-refractivity contribution in [1.29, 1.82) is 0 Å². The zero-order valence-corrected chi connectivity index (χ0v) is 15.1. The second kappa shape index (κ2) is 9.57. The van der Waals surface area contributed by atoms with Crippen molar-refractivity contribution in [3.05, 3.63) is 114 Å². The van der Waals surface area contributed by atoms with E-state index in [9.17, 15) is 10.2 Å². The number of hydrogen-bond acceptors (Lipinski definition) is 2. The molecule has 1 aliphatic carbocycles. The Morgan fingerprint density at radius 3 is 2.27 bits per heavy atom. The molecule has 3 aromatic carbocycles. The average molecular weight is 382 g/mol. The van der Waals surface area contributed by atoms with Crippen molar-refractivity contribution in [1.82, 2.24) is 0 Å². The zero-order chi connectivity index (χ0) is 17.5. The molecule has 1 aliphatic rings. The summed E-state index contributed by atoms with van der Waals surface area (Å²) in [6, 6.07) is 20.9. The Morgan fingerprint density at radius 2 is 1.62 bits per heavy atom. The van der Waals surface area contributed by atoms with Gasteiger partial charge in [0.25, 0.3) is 0 Å². The quantitative estimate of drug-likeness (QED) is 0.373. The summed E-state index contributed by atoms with van der Waals surface area (Å²) in [7, 11) is 0. The van der Waals surface area contributed by atoms with Crippen LogP contribution in [0.15, 0.2) is 109 Å². The SMILES string of the molecule is [Fe+2].[O-]c1c(C(O)=CC=C2C=CC=C2)ccc2ccccc12.c1cc[cH-]c1. The molecule has 0 atom stereocenters. The van der Waals surface area contributed by atoms with Crippen LogP contribution in [0.4, 0.5) is 0 Å². The number of allylic oxidation sites excluding steroid dienone is 7. The normalized spacial score (nSPS) is 12.5. The molecule has 0 unspecified atom stereocenters. The summed E-state index contributed by atoms with van der Waals surface area (Å²) in [6.07, 6.45) is 11.0. The van der Waals surface area contributed by atoms with Gasteiger partial charge in [-0.15, -0.1) is 0 Å². The third-order valence-corrected chi connectivity index (χ3v) is 3.83. The van der Waals surface area contributed by atoms with E-state index in [2.05, 4.69) is 0 Å². The molecule has 2 nitrogen and oxygen atoms in total. The van der Waals surface area contributed by atoms with Gasteiger partial charge in [0.15, 0.2) is 0 Å². The van der Waals surface area contributed by atoms with Crippen molar-refractivity contribution < 1.29 is 27.3 Å². The van der Waals surface area contributed by atoms with Gasteiger partial charge >= 0.3 is 17.1 Å². The molecule has 130 valence electrons. The van der Waals surface area contributed by atoms with Crippen LogP contribution in [0.2, 0.25) is 0 Å². The maximum absolute atomic E-state index is 12.3. The van der Waals surface area contributed by atoms with Gasteiger partial charge in [-0.3, -0.25) is 0 Å². The molecule has 0 aliphatic heterocycles. The fourth-order valence-electron chi connectivity index (χ4n) is 2.53. The predicted octanol–water partition coefficient (Wildman–Crippen LogP) is 5.27. The van der Waals surface area contributed by atoms with Crippen LogP contribution in [0, 0.1) is 0 Å². The molecule has 0 amide bonds. The molecular weight excluding hydrogens is 364 g/mol. The summed E-state index contributed by atoms with van der Waals surface area (Å²) in [5, 5.41) is 23.9. The third-order valence-electron chi connectivity index (χ3n) is 3.83. The minimum Gasteiger partial charge on any atom is -0.872 e. The summed E-state index contributed by atoms with van der Waals surface area (Å²) in [6.45, 7) is 0. The summed E-state index contributed by atoms with van der Waals surface area (Å²) in [5.74, 6) is -0.158. The van der Waals surface area contributed by atoms with Crippen molar-refractivity contribution in [3.8, 4) is 5.75 Å². The van der Waals surface area contributed by atoms with Gasteiger partial charge < -0.3 is 10.2 Å². The van der Waals surface area contributed by atoms with E-state index in [0.717, 1.165) is 11.0 Å². The molecule has 0 bridgehead atoms. The third kappa shape index (κ3) is 4.82. The second-order valence-corrected chi connectivity index (χ2v) is 5.56. The Bertz CT molecular complexity index is 930. The fraction of sp³-hybridized carbons (Fsp3) is 0. The molecule has 0 aromatic heterocycles. The van der Waals surface area contributed by atoms with E-state index in [-0.39, 0.29) is 28.6 Å². The topological polar surface area (TPSA) is 43.3 Å². The van der Waals surface area contributed by atoms with Crippen LogP contribution in [0.5, 0.6) is 5.75 Å². The van der Waals surface area contributed by atoms with Gasteiger partial charge in [-0.2, -0.15) is 18.2 Å². The van der Waals surface area contributed by atoms with Crippen LogP contribution in [0.3, 0.4) is 0 Å². The Balaban J connectivity index is 0.000000351. The van der Waals surface area contributed by atoms with Gasteiger partial charge in [0.05, 0.1) is 0 Å². The average Bonchev–Trinajstić information content (AvgIpc) is 3.36. The molecule has 3 aromatic rings. The number of hydrogen-bond donors (Lipinski definition) is 1. The van der Waals surface area contributed by atoms with Crippen molar-refractivity contribution in [2.45, 2.75) is 0 Å². The van der Waals surface area contributed by atoms with Crippen LogP contribution in [-0.2, 0) is 17.1 Å². The van der Waals surface area contributed by atoms with Gasteiger partial charge in [-0.05, 0) is 22.4 Å². The monoisotopic (exact) mass is 382 g/mol. The molecule has 4 rings (SSSR count). The molecule has 0 heterocycles. The maximum atomic E-state index is 12.3. The number of aliphatic hydroxyl groups is 1. The van der Waals surface area contributed by atoms with Crippen molar-refractivity contribution >= 4 is 16.5 Å². The van der Waals surface area contributed by atoms with E-state index in [0.29, 0.717) is 10.9 Å². The smallest absolute Gasteiger partial charge is 0.872 e. The van der Waals surface area contributed by atoms with E-state index in [1.165, 1.54) is 0 Å². The van der Waals surface area contributed by atoms with Gasteiger partial charge in [-0.25, -0.2) is 12.1 Å². The van der Waals surface area contributed by atoms with Gasteiger partial charge in [-0.1, -0.05) is 72.5 Å².